The van der Waals surface area contributed by atoms with Crippen molar-refractivity contribution in [3.8, 4) is 0 Å². The van der Waals surface area contributed by atoms with Crippen molar-refractivity contribution in [2.24, 2.45) is 0 Å². The number of H-pyrrole nitrogens is 1. The lowest BCUT2D eigenvalue weighted by Gasteiger charge is -2.30. The molecule has 0 unspecified atom stereocenters. The maximum atomic E-state index is 13.6. The molecule has 0 amide bonds. The molecule has 0 radical (unpaired) electrons. The lowest BCUT2D eigenvalue weighted by molar-refractivity contribution is 0.479. The van der Waals surface area contributed by atoms with E-state index in [1.165, 1.54) is 6.07 Å². The number of aromatic nitrogens is 3. The van der Waals surface area contributed by atoms with Crippen LogP contribution in [0.3, 0.4) is 0 Å². The Morgan fingerprint density at radius 2 is 2.24 bits per heavy atom. The quantitative estimate of drug-likeness (QED) is 0.900. The highest BCUT2D eigenvalue weighted by Gasteiger charge is 2.19. The van der Waals surface area contributed by atoms with Gasteiger partial charge in [-0.1, -0.05) is 12.1 Å². The summed E-state index contributed by atoms with van der Waals surface area (Å²) >= 11 is 0. The van der Waals surface area contributed by atoms with Gasteiger partial charge in [-0.2, -0.15) is 4.98 Å². The van der Waals surface area contributed by atoms with Crippen LogP contribution < -0.4 is 10.2 Å². The van der Waals surface area contributed by atoms with Gasteiger partial charge in [-0.05, 0) is 18.6 Å². The maximum Gasteiger partial charge on any atom is 0.244 e. The third-order valence-corrected chi connectivity index (χ3v) is 3.56. The first kappa shape index (κ1) is 13.9. The fraction of sp³-hybridized carbons (Fsp3) is 0.429. The SMILES string of the molecule is C[C@H]1CN(c2n[nH]c(Cc3cccc(F)c3F)n2)CCN1. The number of piperazine rings is 1. The first-order valence-corrected chi connectivity index (χ1v) is 6.96. The summed E-state index contributed by atoms with van der Waals surface area (Å²) < 4.78 is 26.8. The molecule has 2 heterocycles. The minimum atomic E-state index is -0.844. The average molecular weight is 293 g/mol. The van der Waals surface area contributed by atoms with E-state index in [0.717, 1.165) is 25.7 Å². The molecule has 112 valence electrons. The summed E-state index contributed by atoms with van der Waals surface area (Å²) in [5, 5.41) is 10.3. The zero-order valence-corrected chi connectivity index (χ0v) is 11.7. The van der Waals surface area contributed by atoms with E-state index < -0.39 is 11.6 Å². The zero-order valence-electron chi connectivity index (χ0n) is 11.7. The van der Waals surface area contributed by atoms with Crippen LogP contribution in [0.5, 0.6) is 0 Å². The van der Waals surface area contributed by atoms with Gasteiger partial charge in [-0.15, -0.1) is 5.10 Å². The van der Waals surface area contributed by atoms with Gasteiger partial charge < -0.3 is 10.2 Å². The summed E-state index contributed by atoms with van der Waals surface area (Å²) in [6, 6.07) is 4.52. The van der Waals surface area contributed by atoms with Gasteiger partial charge >= 0.3 is 0 Å². The first-order valence-electron chi connectivity index (χ1n) is 6.96. The molecular formula is C14H17F2N5. The standard InChI is InChI=1S/C14H17F2N5/c1-9-8-21(6-5-17-9)14-18-12(19-20-14)7-10-3-2-4-11(15)13(10)16/h2-4,9,17H,5-8H2,1H3,(H,18,19,20)/t9-/m0/s1. The fourth-order valence-corrected chi connectivity index (χ4v) is 2.49. The summed E-state index contributed by atoms with van der Waals surface area (Å²) in [6.07, 6.45) is 0.193. The van der Waals surface area contributed by atoms with Gasteiger partial charge in [0.25, 0.3) is 0 Å². The Hall–Kier alpha value is -2.02. The van der Waals surface area contributed by atoms with Crippen LogP contribution >= 0.6 is 0 Å². The van der Waals surface area contributed by atoms with Crippen molar-refractivity contribution >= 4 is 5.95 Å². The van der Waals surface area contributed by atoms with E-state index in [4.69, 9.17) is 0 Å². The summed E-state index contributed by atoms with van der Waals surface area (Å²) in [7, 11) is 0. The molecule has 3 rings (SSSR count). The Kier molecular flexibility index (Phi) is 3.83. The second-order valence-corrected chi connectivity index (χ2v) is 5.27. The minimum absolute atomic E-state index is 0.193. The highest BCUT2D eigenvalue weighted by Crippen LogP contribution is 2.16. The van der Waals surface area contributed by atoms with E-state index in [9.17, 15) is 8.78 Å². The van der Waals surface area contributed by atoms with E-state index in [0.29, 0.717) is 17.8 Å². The van der Waals surface area contributed by atoms with Crippen LogP contribution in [0.2, 0.25) is 0 Å². The highest BCUT2D eigenvalue weighted by molar-refractivity contribution is 5.31. The molecule has 7 heteroatoms. The van der Waals surface area contributed by atoms with Crippen LogP contribution in [0.1, 0.15) is 18.3 Å². The van der Waals surface area contributed by atoms with Crippen molar-refractivity contribution in [2.45, 2.75) is 19.4 Å². The molecule has 0 saturated carbocycles. The molecule has 21 heavy (non-hydrogen) atoms. The number of benzene rings is 1. The highest BCUT2D eigenvalue weighted by atomic mass is 19.2. The largest absolute Gasteiger partial charge is 0.337 e. The summed E-state index contributed by atoms with van der Waals surface area (Å²) in [5.41, 5.74) is 0.270. The van der Waals surface area contributed by atoms with Crippen LogP contribution in [-0.2, 0) is 6.42 Å². The van der Waals surface area contributed by atoms with Crippen LogP contribution in [0.25, 0.3) is 0 Å². The number of halogens is 2. The van der Waals surface area contributed by atoms with Crippen molar-refractivity contribution in [1.29, 1.82) is 0 Å². The van der Waals surface area contributed by atoms with Crippen LogP contribution in [0.4, 0.5) is 14.7 Å². The first-order chi connectivity index (χ1) is 10.1. The van der Waals surface area contributed by atoms with Gasteiger partial charge in [0.05, 0.1) is 0 Å². The molecule has 1 aliphatic heterocycles. The second-order valence-electron chi connectivity index (χ2n) is 5.27. The molecule has 1 saturated heterocycles. The number of rotatable bonds is 3. The number of hydrogen-bond acceptors (Lipinski definition) is 4. The van der Waals surface area contributed by atoms with Crippen molar-refractivity contribution in [2.75, 3.05) is 24.5 Å². The van der Waals surface area contributed by atoms with Gasteiger partial charge in [-0.3, -0.25) is 5.10 Å². The monoisotopic (exact) mass is 293 g/mol. The molecule has 0 aliphatic carbocycles. The molecule has 2 N–H and O–H groups in total. The van der Waals surface area contributed by atoms with Crippen LogP contribution in [-0.4, -0.2) is 40.9 Å². The zero-order chi connectivity index (χ0) is 14.8. The second kappa shape index (κ2) is 5.77. The summed E-state index contributed by atoms with van der Waals surface area (Å²) in [6.45, 7) is 4.63. The normalized spacial score (nSPS) is 19.0. The molecule has 1 aliphatic rings. The third kappa shape index (κ3) is 3.02. The molecule has 1 aromatic heterocycles. The van der Waals surface area contributed by atoms with Gasteiger partial charge in [-0.25, -0.2) is 8.78 Å². The van der Waals surface area contributed by atoms with Crippen molar-refractivity contribution in [3.05, 3.63) is 41.2 Å². The van der Waals surface area contributed by atoms with Crippen LogP contribution in [0.15, 0.2) is 18.2 Å². The molecule has 1 atom stereocenters. The molecule has 5 nitrogen and oxygen atoms in total. The Balaban J connectivity index is 1.74. The Labute approximate surface area is 121 Å². The molecule has 1 fully saturated rings. The summed E-state index contributed by atoms with van der Waals surface area (Å²) in [5.74, 6) is -0.537. The van der Waals surface area contributed by atoms with Crippen molar-refractivity contribution in [1.82, 2.24) is 20.5 Å². The lowest BCUT2D eigenvalue weighted by atomic mass is 10.1. The van der Waals surface area contributed by atoms with E-state index in [1.807, 2.05) is 0 Å². The maximum absolute atomic E-state index is 13.6. The third-order valence-electron chi connectivity index (χ3n) is 3.56. The number of nitrogens with zero attached hydrogens (tertiary/aromatic N) is 3. The van der Waals surface area contributed by atoms with E-state index in [2.05, 4.69) is 32.3 Å². The number of nitrogens with one attached hydrogen (secondary N) is 2. The predicted octanol–water partition coefficient (Wildman–Crippen LogP) is 1.47. The van der Waals surface area contributed by atoms with E-state index in [1.54, 1.807) is 6.07 Å². The number of aromatic amines is 1. The Morgan fingerprint density at radius 3 is 3.05 bits per heavy atom. The van der Waals surface area contributed by atoms with Crippen molar-refractivity contribution in [3.63, 3.8) is 0 Å². The van der Waals surface area contributed by atoms with E-state index in [-0.39, 0.29) is 12.0 Å². The Morgan fingerprint density at radius 1 is 1.38 bits per heavy atom. The number of hydrogen-bond donors (Lipinski definition) is 2. The Bertz CT molecular complexity index is 628. The molecule has 2 aromatic rings. The van der Waals surface area contributed by atoms with Crippen molar-refractivity contribution < 1.29 is 8.78 Å². The smallest absolute Gasteiger partial charge is 0.244 e. The van der Waals surface area contributed by atoms with Gasteiger partial charge in [0.1, 0.15) is 5.82 Å². The molecular weight excluding hydrogens is 276 g/mol. The predicted molar refractivity (Wildman–Crippen MR) is 75.2 cm³/mol. The van der Waals surface area contributed by atoms with Crippen LogP contribution in [0, 0.1) is 11.6 Å². The van der Waals surface area contributed by atoms with Gasteiger partial charge in [0, 0.05) is 32.1 Å². The molecule has 0 spiro atoms. The molecule has 1 aromatic carbocycles. The summed E-state index contributed by atoms with van der Waals surface area (Å²) in [4.78, 5) is 6.45. The number of anilines is 1. The topological polar surface area (TPSA) is 56.8 Å². The minimum Gasteiger partial charge on any atom is -0.337 e. The van der Waals surface area contributed by atoms with Gasteiger partial charge in [0.2, 0.25) is 5.95 Å². The fourth-order valence-electron chi connectivity index (χ4n) is 2.49. The average Bonchev–Trinajstić information content (AvgIpc) is 2.93. The lowest BCUT2D eigenvalue weighted by Crippen LogP contribution is -2.49. The van der Waals surface area contributed by atoms with E-state index >= 15 is 0 Å². The molecule has 0 bridgehead atoms. The van der Waals surface area contributed by atoms with Gasteiger partial charge in [0.15, 0.2) is 11.6 Å².